The van der Waals surface area contributed by atoms with Crippen LogP contribution < -0.4 is 11.2 Å². The summed E-state index contributed by atoms with van der Waals surface area (Å²) < 4.78 is 5.68. The lowest BCUT2D eigenvalue weighted by molar-refractivity contribution is 0.480. The molecule has 1 atom stereocenters. The van der Waals surface area contributed by atoms with E-state index in [-0.39, 0.29) is 18.4 Å². The Morgan fingerprint density at radius 3 is 2.73 bits per heavy atom. The molecular weight excluding hydrogens is 300 g/mol. The predicted octanol–water partition coefficient (Wildman–Crippen LogP) is 2.93. The smallest absolute Gasteiger partial charge is 0.206 e. The standard InChI is InChI=1S/C16H18N4O.ClH/c1-10-9-21-14-8-12(11-5-3-2-4-6-11)7-13(15(10)14)19-20-16(17)18;/h2-6,9,12H,7-8H2,1H3,(H4,17,18,20);1H/b19-13+;. The fourth-order valence-electron chi connectivity index (χ4n) is 2.86. The molecule has 0 spiro atoms. The van der Waals surface area contributed by atoms with Gasteiger partial charge in [-0.2, -0.15) is 5.10 Å². The second-order valence-electron chi connectivity index (χ2n) is 5.32. The number of hydrogen-bond acceptors (Lipinski definition) is 3. The average Bonchev–Trinajstić information content (AvgIpc) is 2.87. The second-order valence-corrected chi connectivity index (χ2v) is 5.32. The summed E-state index contributed by atoms with van der Waals surface area (Å²) >= 11 is 0. The fraction of sp³-hybridized carbons (Fsp3) is 0.250. The van der Waals surface area contributed by atoms with Gasteiger partial charge in [0.25, 0.3) is 0 Å². The van der Waals surface area contributed by atoms with Crippen molar-refractivity contribution in [3.63, 3.8) is 0 Å². The Hall–Kier alpha value is -2.27. The van der Waals surface area contributed by atoms with Crippen LogP contribution >= 0.6 is 12.4 Å². The van der Waals surface area contributed by atoms with Gasteiger partial charge in [-0.25, -0.2) is 5.43 Å². The molecule has 22 heavy (non-hydrogen) atoms. The number of nitrogens with two attached hydrogens (primary N) is 1. The summed E-state index contributed by atoms with van der Waals surface area (Å²) in [7, 11) is 0. The Balaban J connectivity index is 0.00000176. The molecule has 0 saturated carbocycles. The van der Waals surface area contributed by atoms with E-state index in [1.807, 2.05) is 25.1 Å². The quantitative estimate of drug-likeness (QED) is 0.452. The third-order valence-corrected chi connectivity index (χ3v) is 3.79. The number of aryl methyl sites for hydroxylation is 1. The number of furan rings is 1. The first-order chi connectivity index (χ1) is 10.1. The second kappa shape index (κ2) is 6.66. The molecular formula is C16H19ClN4O. The van der Waals surface area contributed by atoms with Crippen LogP contribution in [-0.4, -0.2) is 11.7 Å². The van der Waals surface area contributed by atoms with Crippen LogP contribution in [0.25, 0.3) is 0 Å². The van der Waals surface area contributed by atoms with E-state index < -0.39 is 0 Å². The molecule has 1 heterocycles. The van der Waals surface area contributed by atoms with E-state index in [9.17, 15) is 0 Å². The lowest BCUT2D eigenvalue weighted by atomic mass is 9.81. The van der Waals surface area contributed by atoms with Crippen LogP contribution in [0.5, 0.6) is 0 Å². The highest BCUT2D eigenvalue weighted by Gasteiger charge is 2.29. The number of nitrogens with zero attached hydrogens (tertiary/aromatic N) is 1. The normalized spacial score (nSPS) is 18.4. The van der Waals surface area contributed by atoms with E-state index in [2.05, 4.69) is 22.7 Å². The van der Waals surface area contributed by atoms with Gasteiger partial charge in [0.2, 0.25) is 5.96 Å². The molecule has 1 aromatic heterocycles. The largest absolute Gasteiger partial charge is 0.468 e. The zero-order chi connectivity index (χ0) is 14.8. The Morgan fingerprint density at radius 1 is 1.32 bits per heavy atom. The lowest BCUT2D eigenvalue weighted by Gasteiger charge is -2.23. The number of fused-ring (bicyclic) bond motifs is 1. The van der Waals surface area contributed by atoms with E-state index in [4.69, 9.17) is 15.6 Å². The number of hydrogen-bond donors (Lipinski definition) is 3. The van der Waals surface area contributed by atoms with Crippen LogP contribution in [0.2, 0.25) is 0 Å². The van der Waals surface area contributed by atoms with E-state index in [1.54, 1.807) is 6.26 Å². The maximum Gasteiger partial charge on any atom is 0.206 e. The molecule has 0 bridgehead atoms. The number of rotatable bonds is 2. The van der Waals surface area contributed by atoms with Gasteiger partial charge in [0.15, 0.2) is 0 Å². The van der Waals surface area contributed by atoms with Crippen molar-refractivity contribution in [3.8, 4) is 0 Å². The van der Waals surface area contributed by atoms with Crippen molar-refractivity contribution in [1.82, 2.24) is 5.43 Å². The van der Waals surface area contributed by atoms with Gasteiger partial charge in [-0.05, 0) is 30.4 Å². The summed E-state index contributed by atoms with van der Waals surface area (Å²) in [5.74, 6) is 1.13. The number of hydrazone groups is 1. The van der Waals surface area contributed by atoms with Crippen LogP contribution in [0.4, 0.5) is 0 Å². The molecule has 1 aliphatic rings. The van der Waals surface area contributed by atoms with Crippen molar-refractivity contribution in [1.29, 1.82) is 5.41 Å². The van der Waals surface area contributed by atoms with Crippen LogP contribution in [0.1, 0.15) is 34.8 Å². The maximum absolute atomic E-state index is 7.26. The van der Waals surface area contributed by atoms with E-state index >= 15 is 0 Å². The minimum Gasteiger partial charge on any atom is -0.468 e. The zero-order valence-corrected chi connectivity index (χ0v) is 13.1. The number of nitrogens with one attached hydrogen (secondary N) is 2. The predicted molar refractivity (Wildman–Crippen MR) is 89.8 cm³/mol. The van der Waals surface area contributed by atoms with Gasteiger partial charge in [0.1, 0.15) is 5.76 Å². The molecule has 3 rings (SSSR count). The van der Waals surface area contributed by atoms with Gasteiger partial charge in [-0.1, -0.05) is 30.3 Å². The van der Waals surface area contributed by atoms with Crippen LogP contribution in [0, 0.1) is 12.3 Å². The first kappa shape index (κ1) is 16.1. The first-order valence-corrected chi connectivity index (χ1v) is 6.94. The molecule has 4 N–H and O–H groups in total. The molecule has 116 valence electrons. The van der Waals surface area contributed by atoms with Crippen LogP contribution in [0.3, 0.4) is 0 Å². The highest BCUT2D eigenvalue weighted by atomic mass is 35.5. The van der Waals surface area contributed by atoms with Gasteiger partial charge >= 0.3 is 0 Å². The van der Waals surface area contributed by atoms with Gasteiger partial charge in [-0.15, -0.1) is 12.4 Å². The monoisotopic (exact) mass is 318 g/mol. The minimum atomic E-state index is -0.160. The summed E-state index contributed by atoms with van der Waals surface area (Å²) in [6.07, 6.45) is 3.44. The van der Waals surface area contributed by atoms with Crippen molar-refractivity contribution < 1.29 is 4.42 Å². The van der Waals surface area contributed by atoms with Gasteiger partial charge in [0, 0.05) is 12.0 Å². The third kappa shape index (κ3) is 3.14. The molecule has 2 aromatic rings. The van der Waals surface area contributed by atoms with Crippen molar-refractivity contribution in [2.45, 2.75) is 25.7 Å². The summed E-state index contributed by atoms with van der Waals surface area (Å²) in [4.78, 5) is 0. The van der Waals surface area contributed by atoms with Crippen LogP contribution in [-0.2, 0) is 6.42 Å². The minimum absolute atomic E-state index is 0. The van der Waals surface area contributed by atoms with Crippen molar-refractivity contribution >= 4 is 24.1 Å². The summed E-state index contributed by atoms with van der Waals surface area (Å²) in [5, 5.41) is 11.6. The van der Waals surface area contributed by atoms with E-state index in [0.29, 0.717) is 5.92 Å². The fourth-order valence-corrected chi connectivity index (χ4v) is 2.86. The molecule has 1 unspecified atom stereocenters. The average molecular weight is 319 g/mol. The van der Waals surface area contributed by atoms with E-state index in [0.717, 1.165) is 35.4 Å². The van der Waals surface area contributed by atoms with Gasteiger partial charge in [-0.3, -0.25) is 5.41 Å². The van der Waals surface area contributed by atoms with Gasteiger partial charge < -0.3 is 10.2 Å². The molecule has 0 aliphatic heterocycles. The SMILES string of the molecule is Cc1coc2c1/C(=N/NC(=N)N)CC(c1ccccc1)C2.Cl. The summed E-state index contributed by atoms with van der Waals surface area (Å²) in [5.41, 5.74) is 12.2. The van der Waals surface area contributed by atoms with Crippen molar-refractivity contribution in [2.24, 2.45) is 10.8 Å². The Kier molecular flexibility index (Phi) is 4.88. The molecule has 6 heteroatoms. The van der Waals surface area contributed by atoms with Crippen LogP contribution in [0.15, 0.2) is 46.1 Å². The summed E-state index contributed by atoms with van der Waals surface area (Å²) in [6.45, 7) is 2.01. The highest BCUT2D eigenvalue weighted by Crippen LogP contribution is 2.35. The number of guanidine groups is 1. The Labute approximate surface area is 135 Å². The molecule has 1 aromatic carbocycles. The van der Waals surface area contributed by atoms with E-state index in [1.165, 1.54) is 5.56 Å². The topological polar surface area (TPSA) is 87.4 Å². The Bertz CT molecular complexity index is 693. The number of halogens is 1. The van der Waals surface area contributed by atoms with Crippen molar-refractivity contribution in [2.75, 3.05) is 0 Å². The molecule has 0 amide bonds. The maximum atomic E-state index is 7.26. The molecule has 0 fully saturated rings. The molecule has 5 nitrogen and oxygen atoms in total. The lowest BCUT2D eigenvalue weighted by Crippen LogP contribution is -2.29. The summed E-state index contributed by atoms with van der Waals surface area (Å²) in [6, 6.07) is 10.4. The van der Waals surface area contributed by atoms with Crippen molar-refractivity contribution in [3.05, 3.63) is 59.0 Å². The Morgan fingerprint density at radius 2 is 2.05 bits per heavy atom. The highest BCUT2D eigenvalue weighted by molar-refractivity contribution is 6.04. The first-order valence-electron chi connectivity index (χ1n) is 6.94. The molecule has 0 radical (unpaired) electrons. The zero-order valence-electron chi connectivity index (χ0n) is 12.3. The number of benzene rings is 1. The molecule has 1 aliphatic carbocycles. The third-order valence-electron chi connectivity index (χ3n) is 3.79. The molecule has 0 saturated heterocycles. The van der Waals surface area contributed by atoms with Gasteiger partial charge in [0.05, 0.1) is 12.0 Å².